The van der Waals surface area contributed by atoms with E-state index in [-0.39, 0.29) is 23.6 Å². The van der Waals surface area contributed by atoms with E-state index >= 15 is 4.39 Å². The number of imidazole rings is 1. The number of aromatic nitrogens is 3. The quantitative estimate of drug-likeness (QED) is 0.507. The number of hydrogen-bond acceptors (Lipinski definition) is 5. The third-order valence-electron chi connectivity index (χ3n) is 7.99. The first-order valence-electron chi connectivity index (χ1n) is 13.3. The number of carbonyl (C=O) groups excluding carboxylic acids is 2. The van der Waals surface area contributed by atoms with E-state index in [1.807, 2.05) is 24.3 Å². The van der Waals surface area contributed by atoms with Crippen LogP contribution in [0.25, 0.3) is 16.9 Å². The number of hydrogen-bond donors (Lipinski definition) is 2. The van der Waals surface area contributed by atoms with Crippen LogP contribution in [0.3, 0.4) is 0 Å². The van der Waals surface area contributed by atoms with Gasteiger partial charge in [0.25, 0.3) is 0 Å². The SMILES string of the molecule is CNC(C)C(=O)NC(C(=O)N1CCCC1c1ccnc(-n2cnc3ccccc32)c1F)C1CCCCC1. The fourth-order valence-corrected chi connectivity index (χ4v) is 5.79. The second kappa shape index (κ2) is 11.0. The van der Waals surface area contributed by atoms with Gasteiger partial charge in [0.15, 0.2) is 11.6 Å². The van der Waals surface area contributed by atoms with Crippen molar-refractivity contribution < 1.29 is 14.0 Å². The van der Waals surface area contributed by atoms with E-state index < -0.39 is 23.9 Å². The van der Waals surface area contributed by atoms with E-state index in [0.29, 0.717) is 18.5 Å². The van der Waals surface area contributed by atoms with Gasteiger partial charge in [0.1, 0.15) is 12.4 Å². The minimum Gasteiger partial charge on any atom is -0.343 e. The Morgan fingerprint density at radius 2 is 1.84 bits per heavy atom. The predicted octanol–water partition coefficient (Wildman–Crippen LogP) is 3.90. The number of nitrogens with one attached hydrogen (secondary N) is 2. The van der Waals surface area contributed by atoms with Gasteiger partial charge in [-0.2, -0.15) is 0 Å². The average Bonchev–Trinajstić information content (AvgIpc) is 3.59. The van der Waals surface area contributed by atoms with Gasteiger partial charge in [0, 0.05) is 18.3 Å². The fourth-order valence-electron chi connectivity index (χ4n) is 5.79. The summed E-state index contributed by atoms with van der Waals surface area (Å²) in [7, 11) is 1.73. The van der Waals surface area contributed by atoms with Gasteiger partial charge in [0.05, 0.1) is 23.1 Å². The molecule has 3 aromatic rings. The lowest BCUT2D eigenvalue weighted by molar-refractivity contribution is -0.139. The van der Waals surface area contributed by atoms with Crippen molar-refractivity contribution >= 4 is 22.8 Å². The molecule has 3 unspecified atom stereocenters. The number of para-hydroxylation sites is 2. The standard InChI is InChI=1S/C28H35FN6O2/c1-18(30-2)27(36)33-25(19-9-4-3-5-10-19)28(37)34-16-8-13-22(34)20-14-15-31-26(24(20)29)35-17-32-21-11-6-7-12-23(21)35/h6-7,11-12,14-15,17-19,22,25,30H,3-5,8-10,13,16H2,1-2H3,(H,33,36). The lowest BCUT2D eigenvalue weighted by Crippen LogP contribution is -2.55. The molecule has 9 heteroatoms. The largest absolute Gasteiger partial charge is 0.343 e. The Morgan fingerprint density at radius 3 is 2.62 bits per heavy atom. The Hall–Kier alpha value is -3.33. The van der Waals surface area contributed by atoms with Crippen LogP contribution in [0.2, 0.25) is 0 Å². The molecule has 37 heavy (non-hydrogen) atoms. The second-order valence-corrected chi connectivity index (χ2v) is 10.2. The monoisotopic (exact) mass is 506 g/mol. The van der Waals surface area contributed by atoms with Crippen LogP contribution < -0.4 is 10.6 Å². The normalized spacial score (nSPS) is 20.2. The molecular formula is C28H35FN6O2. The number of fused-ring (bicyclic) bond motifs is 1. The molecule has 1 aliphatic heterocycles. The number of likely N-dealkylation sites (N-methyl/N-ethyl adjacent to an activating group) is 1. The molecular weight excluding hydrogens is 471 g/mol. The smallest absolute Gasteiger partial charge is 0.245 e. The van der Waals surface area contributed by atoms with E-state index in [9.17, 15) is 9.59 Å². The first-order chi connectivity index (χ1) is 18.0. The number of carbonyl (C=O) groups is 2. The second-order valence-electron chi connectivity index (χ2n) is 10.2. The lowest BCUT2D eigenvalue weighted by Gasteiger charge is -2.35. The molecule has 8 nitrogen and oxygen atoms in total. The molecule has 3 heterocycles. The van der Waals surface area contributed by atoms with Crippen LogP contribution in [0.1, 0.15) is 63.5 Å². The van der Waals surface area contributed by atoms with Crippen LogP contribution in [0.15, 0.2) is 42.9 Å². The zero-order valence-electron chi connectivity index (χ0n) is 21.5. The molecule has 3 atom stereocenters. The van der Waals surface area contributed by atoms with Crippen LogP contribution in [-0.2, 0) is 9.59 Å². The van der Waals surface area contributed by atoms with Crippen LogP contribution in [-0.4, -0.2) is 56.9 Å². The number of pyridine rings is 1. The van der Waals surface area contributed by atoms with E-state index in [1.165, 1.54) is 0 Å². The Kier molecular flexibility index (Phi) is 7.50. The van der Waals surface area contributed by atoms with E-state index in [2.05, 4.69) is 20.6 Å². The van der Waals surface area contributed by atoms with Gasteiger partial charge < -0.3 is 15.5 Å². The Labute approximate surface area is 216 Å². The molecule has 2 aliphatic rings. The molecule has 1 saturated carbocycles. The molecule has 2 amide bonds. The maximum absolute atomic E-state index is 16.0. The maximum atomic E-state index is 16.0. The van der Waals surface area contributed by atoms with Crippen LogP contribution in [0, 0.1) is 11.7 Å². The van der Waals surface area contributed by atoms with Gasteiger partial charge in [-0.05, 0) is 63.8 Å². The Morgan fingerprint density at radius 1 is 1.05 bits per heavy atom. The number of benzene rings is 1. The zero-order valence-corrected chi connectivity index (χ0v) is 21.5. The molecule has 2 N–H and O–H groups in total. The number of rotatable bonds is 7. The minimum atomic E-state index is -0.605. The van der Waals surface area contributed by atoms with E-state index in [4.69, 9.17) is 0 Å². The highest BCUT2D eigenvalue weighted by molar-refractivity contribution is 5.90. The van der Waals surface area contributed by atoms with Gasteiger partial charge in [-0.3, -0.25) is 14.2 Å². The van der Waals surface area contributed by atoms with E-state index in [0.717, 1.165) is 49.6 Å². The summed E-state index contributed by atoms with van der Waals surface area (Å²) in [5.74, 6) is -0.489. The molecule has 5 rings (SSSR count). The van der Waals surface area contributed by atoms with Crippen LogP contribution in [0.5, 0.6) is 0 Å². The Balaban J connectivity index is 1.45. The summed E-state index contributed by atoms with van der Waals surface area (Å²) >= 11 is 0. The summed E-state index contributed by atoms with van der Waals surface area (Å²) in [4.78, 5) is 37.3. The minimum absolute atomic E-state index is 0.0886. The highest BCUT2D eigenvalue weighted by Gasteiger charge is 2.40. The molecule has 2 aromatic heterocycles. The first-order valence-corrected chi connectivity index (χ1v) is 13.3. The van der Waals surface area contributed by atoms with Crippen molar-refractivity contribution in [3.8, 4) is 5.82 Å². The predicted molar refractivity (Wildman–Crippen MR) is 140 cm³/mol. The molecule has 0 spiro atoms. The van der Waals surface area contributed by atoms with Crippen molar-refractivity contribution in [3.63, 3.8) is 0 Å². The Bertz CT molecular complexity index is 1270. The van der Waals surface area contributed by atoms with Crippen molar-refractivity contribution in [2.24, 2.45) is 5.92 Å². The van der Waals surface area contributed by atoms with Crippen molar-refractivity contribution in [1.82, 2.24) is 30.1 Å². The molecule has 196 valence electrons. The van der Waals surface area contributed by atoms with Crippen molar-refractivity contribution in [1.29, 1.82) is 0 Å². The summed E-state index contributed by atoms with van der Waals surface area (Å²) < 4.78 is 17.7. The highest BCUT2D eigenvalue weighted by Crippen LogP contribution is 2.37. The van der Waals surface area contributed by atoms with Crippen molar-refractivity contribution in [2.75, 3.05) is 13.6 Å². The van der Waals surface area contributed by atoms with Gasteiger partial charge in [-0.1, -0.05) is 31.4 Å². The van der Waals surface area contributed by atoms with Gasteiger partial charge in [0.2, 0.25) is 11.8 Å². The average molecular weight is 507 g/mol. The summed E-state index contributed by atoms with van der Waals surface area (Å²) in [6, 6.07) is 7.78. The number of amides is 2. The van der Waals surface area contributed by atoms with E-state index in [1.54, 1.807) is 42.0 Å². The third kappa shape index (κ3) is 4.97. The topological polar surface area (TPSA) is 92.2 Å². The summed E-state index contributed by atoms with van der Waals surface area (Å²) in [5.41, 5.74) is 1.98. The zero-order chi connectivity index (χ0) is 25.9. The number of nitrogens with zero attached hydrogens (tertiary/aromatic N) is 4. The molecule has 0 bridgehead atoms. The summed E-state index contributed by atoms with van der Waals surface area (Å²) in [6.07, 6.45) is 9.68. The fraction of sp³-hybridized carbons (Fsp3) is 0.500. The highest BCUT2D eigenvalue weighted by atomic mass is 19.1. The first kappa shape index (κ1) is 25.3. The van der Waals surface area contributed by atoms with Gasteiger partial charge >= 0.3 is 0 Å². The third-order valence-corrected chi connectivity index (χ3v) is 7.99. The maximum Gasteiger partial charge on any atom is 0.245 e. The lowest BCUT2D eigenvalue weighted by atomic mass is 9.83. The molecule has 1 aromatic carbocycles. The number of likely N-dealkylation sites (tertiary alicyclic amines) is 1. The summed E-state index contributed by atoms with van der Waals surface area (Å²) in [6.45, 7) is 2.32. The van der Waals surface area contributed by atoms with Crippen LogP contribution >= 0.6 is 0 Å². The molecule has 0 radical (unpaired) electrons. The van der Waals surface area contributed by atoms with Gasteiger partial charge in [-0.15, -0.1) is 0 Å². The molecule has 1 saturated heterocycles. The van der Waals surface area contributed by atoms with Crippen molar-refractivity contribution in [2.45, 2.75) is 70.0 Å². The summed E-state index contributed by atoms with van der Waals surface area (Å²) in [5, 5.41) is 6.00. The van der Waals surface area contributed by atoms with Gasteiger partial charge in [-0.25, -0.2) is 14.4 Å². The van der Waals surface area contributed by atoms with Crippen molar-refractivity contribution in [3.05, 3.63) is 54.2 Å². The van der Waals surface area contributed by atoms with Crippen LogP contribution in [0.4, 0.5) is 4.39 Å². The molecule has 2 fully saturated rings. The molecule has 1 aliphatic carbocycles. The number of halogens is 1.